The standard InChI is InChI=1S/C13H19NO4/c1-12(2)6-9(15)14(10(16)7-12)13(4-3-5-13)8-11(17)18/h3-8H2,1-2H3,(H,17,18). The second-order valence-electron chi connectivity index (χ2n) is 6.29. The molecular weight excluding hydrogens is 234 g/mol. The van der Waals surface area contributed by atoms with Gasteiger partial charge in [-0.2, -0.15) is 0 Å². The van der Waals surface area contributed by atoms with Crippen molar-refractivity contribution >= 4 is 17.8 Å². The van der Waals surface area contributed by atoms with Gasteiger partial charge in [0.15, 0.2) is 0 Å². The number of carbonyl (C=O) groups excluding carboxylic acids is 2. The van der Waals surface area contributed by atoms with Crippen LogP contribution in [0, 0.1) is 5.41 Å². The largest absolute Gasteiger partial charge is 0.481 e. The highest BCUT2D eigenvalue weighted by atomic mass is 16.4. The SMILES string of the molecule is CC1(C)CC(=O)N(C2(CC(=O)O)CCC2)C(=O)C1. The molecule has 100 valence electrons. The molecule has 0 radical (unpaired) electrons. The molecule has 2 fully saturated rings. The van der Waals surface area contributed by atoms with Gasteiger partial charge in [-0.05, 0) is 24.7 Å². The zero-order valence-corrected chi connectivity index (χ0v) is 10.9. The van der Waals surface area contributed by atoms with Gasteiger partial charge in [0.25, 0.3) is 0 Å². The Morgan fingerprint density at radius 3 is 2.06 bits per heavy atom. The number of likely N-dealkylation sites (tertiary alicyclic amines) is 1. The van der Waals surface area contributed by atoms with Crippen molar-refractivity contribution in [2.75, 3.05) is 0 Å². The summed E-state index contributed by atoms with van der Waals surface area (Å²) in [7, 11) is 0. The molecule has 1 N–H and O–H groups in total. The van der Waals surface area contributed by atoms with Crippen LogP contribution in [0.1, 0.15) is 52.4 Å². The number of carboxylic acids is 1. The van der Waals surface area contributed by atoms with Crippen molar-refractivity contribution in [2.45, 2.75) is 57.9 Å². The van der Waals surface area contributed by atoms with Crippen LogP contribution in [-0.2, 0) is 14.4 Å². The average molecular weight is 253 g/mol. The Bertz CT molecular complexity index is 389. The zero-order chi connectivity index (χ0) is 13.6. The lowest BCUT2D eigenvalue weighted by Gasteiger charge is -2.51. The van der Waals surface area contributed by atoms with Crippen molar-refractivity contribution in [1.29, 1.82) is 0 Å². The number of amides is 2. The molecule has 0 atom stereocenters. The van der Waals surface area contributed by atoms with E-state index >= 15 is 0 Å². The zero-order valence-electron chi connectivity index (χ0n) is 10.9. The lowest BCUT2D eigenvalue weighted by molar-refractivity contribution is -0.167. The van der Waals surface area contributed by atoms with Crippen LogP contribution in [0.25, 0.3) is 0 Å². The molecule has 1 saturated carbocycles. The van der Waals surface area contributed by atoms with Crippen LogP contribution in [0.5, 0.6) is 0 Å². The molecule has 1 aliphatic heterocycles. The Hall–Kier alpha value is -1.39. The fourth-order valence-electron chi connectivity index (χ4n) is 3.05. The predicted octanol–water partition coefficient (Wildman–Crippen LogP) is 1.56. The summed E-state index contributed by atoms with van der Waals surface area (Å²) in [5.74, 6) is -1.37. The van der Waals surface area contributed by atoms with Crippen molar-refractivity contribution in [1.82, 2.24) is 4.90 Å². The molecule has 1 heterocycles. The number of rotatable bonds is 3. The minimum atomic E-state index is -0.944. The predicted molar refractivity (Wildman–Crippen MR) is 63.7 cm³/mol. The molecule has 2 aliphatic rings. The maximum absolute atomic E-state index is 12.2. The topological polar surface area (TPSA) is 74.7 Å². The Labute approximate surface area is 106 Å². The molecule has 5 nitrogen and oxygen atoms in total. The fraction of sp³-hybridized carbons (Fsp3) is 0.769. The molecule has 1 saturated heterocycles. The average Bonchev–Trinajstić information content (AvgIpc) is 2.09. The summed E-state index contributed by atoms with van der Waals surface area (Å²) >= 11 is 0. The maximum atomic E-state index is 12.2. The first-order valence-electron chi connectivity index (χ1n) is 6.34. The summed E-state index contributed by atoms with van der Waals surface area (Å²) in [6.45, 7) is 3.79. The monoisotopic (exact) mass is 253 g/mol. The molecule has 2 rings (SSSR count). The van der Waals surface area contributed by atoms with E-state index in [1.54, 1.807) is 0 Å². The van der Waals surface area contributed by atoms with E-state index in [0.29, 0.717) is 25.7 Å². The molecule has 0 aromatic carbocycles. The van der Waals surface area contributed by atoms with Gasteiger partial charge in [0.05, 0.1) is 12.0 Å². The second kappa shape index (κ2) is 4.07. The van der Waals surface area contributed by atoms with Crippen LogP contribution in [0.15, 0.2) is 0 Å². The number of piperidine rings is 1. The summed E-state index contributed by atoms with van der Waals surface area (Å²) < 4.78 is 0. The van der Waals surface area contributed by atoms with Crippen molar-refractivity contribution in [3.8, 4) is 0 Å². The van der Waals surface area contributed by atoms with Gasteiger partial charge in [-0.3, -0.25) is 19.3 Å². The van der Waals surface area contributed by atoms with Crippen LogP contribution in [0.3, 0.4) is 0 Å². The summed E-state index contributed by atoms with van der Waals surface area (Å²) in [4.78, 5) is 36.5. The third-order valence-corrected chi connectivity index (χ3v) is 4.00. The van der Waals surface area contributed by atoms with Crippen LogP contribution in [-0.4, -0.2) is 33.3 Å². The number of nitrogens with zero attached hydrogens (tertiary/aromatic N) is 1. The molecule has 0 aromatic rings. The van der Waals surface area contributed by atoms with E-state index < -0.39 is 11.5 Å². The maximum Gasteiger partial charge on any atom is 0.305 e. The van der Waals surface area contributed by atoms with Crippen molar-refractivity contribution in [3.63, 3.8) is 0 Å². The molecular formula is C13H19NO4. The van der Waals surface area contributed by atoms with Gasteiger partial charge in [0.2, 0.25) is 11.8 Å². The fourth-order valence-corrected chi connectivity index (χ4v) is 3.05. The Morgan fingerprint density at radius 2 is 1.72 bits per heavy atom. The highest BCUT2D eigenvalue weighted by Gasteiger charge is 2.52. The first kappa shape index (κ1) is 13.1. The summed E-state index contributed by atoms with van der Waals surface area (Å²) in [5, 5.41) is 8.97. The number of hydrogen-bond donors (Lipinski definition) is 1. The van der Waals surface area contributed by atoms with Crippen molar-refractivity contribution in [2.24, 2.45) is 5.41 Å². The van der Waals surface area contributed by atoms with Gasteiger partial charge in [-0.25, -0.2) is 0 Å². The minimum absolute atomic E-state index is 0.120. The second-order valence-corrected chi connectivity index (χ2v) is 6.29. The molecule has 18 heavy (non-hydrogen) atoms. The highest BCUT2D eigenvalue weighted by molar-refractivity contribution is 6.00. The van der Waals surface area contributed by atoms with Crippen LogP contribution < -0.4 is 0 Å². The van der Waals surface area contributed by atoms with Gasteiger partial charge in [-0.1, -0.05) is 13.8 Å². The number of hydrogen-bond acceptors (Lipinski definition) is 3. The van der Waals surface area contributed by atoms with Crippen LogP contribution in [0.4, 0.5) is 0 Å². The lowest BCUT2D eigenvalue weighted by atomic mass is 9.70. The van der Waals surface area contributed by atoms with Crippen LogP contribution >= 0.6 is 0 Å². The molecule has 5 heteroatoms. The highest BCUT2D eigenvalue weighted by Crippen LogP contribution is 2.45. The summed E-state index contributed by atoms with van der Waals surface area (Å²) in [6, 6.07) is 0. The summed E-state index contributed by atoms with van der Waals surface area (Å²) in [5.41, 5.74) is -1.05. The van der Waals surface area contributed by atoms with E-state index in [-0.39, 0.29) is 23.7 Å². The van der Waals surface area contributed by atoms with E-state index in [9.17, 15) is 14.4 Å². The lowest BCUT2D eigenvalue weighted by Crippen LogP contribution is -2.62. The van der Waals surface area contributed by atoms with E-state index in [4.69, 9.17) is 5.11 Å². The molecule has 0 bridgehead atoms. The van der Waals surface area contributed by atoms with E-state index in [2.05, 4.69) is 0 Å². The Balaban J connectivity index is 2.24. The molecule has 2 amide bonds. The van der Waals surface area contributed by atoms with Gasteiger partial charge in [0, 0.05) is 12.8 Å². The first-order chi connectivity index (χ1) is 8.26. The van der Waals surface area contributed by atoms with E-state index in [1.165, 1.54) is 4.90 Å². The summed E-state index contributed by atoms with van der Waals surface area (Å²) in [6.07, 6.45) is 2.65. The van der Waals surface area contributed by atoms with Gasteiger partial charge >= 0.3 is 5.97 Å². The Kier molecular flexibility index (Phi) is 2.95. The molecule has 0 spiro atoms. The molecule has 0 aromatic heterocycles. The van der Waals surface area contributed by atoms with Gasteiger partial charge in [-0.15, -0.1) is 0 Å². The minimum Gasteiger partial charge on any atom is -0.481 e. The van der Waals surface area contributed by atoms with Crippen molar-refractivity contribution in [3.05, 3.63) is 0 Å². The van der Waals surface area contributed by atoms with Crippen molar-refractivity contribution < 1.29 is 19.5 Å². The number of imide groups is 1. The smallest absolute Gasteiger partial charge is 0.305 e. The molecule has 1 aliphatic carbocycles. The Morgan fingerprint density at radius 1 is 1.22 bits per heavy atom. The number of carbonyl (C=O) groups is 3. The normalized spacial score (nSPS) is 25.8. The van der Waals surface area contributed by atoms with E-state index in [0.717, 1.165) is 6.42 Å². The van der Waals surface area contributed by atoms with Crippen LogP contribution in [0.2, 0.25) is 0 Å². The third-order valence-electron chi connectivity index (χ3n) is 4.00. The first-order valence-corrected chi connectivity index (χ1v) is 6.34. The van der Waals surface area contributed by atoms with Gasteiger partial charge in [0.1, 0.15) is 0 Å². The number of aliphatic carboxylic acids is 1. The van der Waals surface area contributed by atoms with Gasteiger partial charge < -0.3 is 5.11 Å². The number of carboxylic acid groups (broad SMARTS) is 1. The quantitative estimate of drug-likeness (QED) is 0.774. The van der Waals surface area contributed by atoms with E-state index in [1.807, 2.05) is 13.8 Å². The molecule has 0 unspecified atom stereocenters. The third kappa shape index (κ3) is 2.13.